The molecule has 0 bridgehead atoms. The Bertz CT molecular complexity index is 319. The maximum atomic E-state index is 10.2. The van der Waals surface area contributed by atoms with Crippen molar-refractivity contribution in [3.8, 4) is 0 Å². The summed E-state index contributed by atoms with van der Waals surface area (Å²) < 4.78 is 0. The average Bonchev–Trinajstić information content (AvgIpc) is 2.21. The molecule has 6 heteroatoms. The average molecular weight is 215 g/mol. The first-order chi connectivity index (χ1) is 6.79. The van der Waals surface area contributed by atoms with Gasteiger partial charge in [0, 0.05) is 36.9 Å². The van der Waals surface area contributed by atoms with Crippen molar-refractivity contribution < 1.29 is 0 Å². The van der Waals surface area contributed by atoms with Gasteiger partial charge in [0.25, 0.3) is 5.56 Å². The lowest BCUT2D eigenvalue weighted by molar-refractivity contribution is 0.756. The second-order valence-corrected chi connectivity index (χ2v) is 3.88. The zero-order valence-electron chi connectivity index (χ0n) is 7.71. The van der Waals surface area contributed by atoms with Crippen molar-refractivity contribution in [2.45, 2.75) is 0 Å². The van der Waals surface area contributed by atoms with E-state index in [0.717, 1.165) is 0 Å². The highest BCUT2D eigenvalue weighted by atomic mass is 32.2. The molecule has 5 nitrogen and oxygen atoms in total. The van der Waals surface area contributed by atoms with E-state index in [1.54, 1.807) is 0 Å². The van der Waals surface area contributed by atoms with E-state index in [9.17, 15) is 9.59 Å². The van der Waals surface area contributed by atoms with Crippen LogP contribution >= 0.6 is 11.8 Å². The third-order valence-corrected chi connectivity index (χ3v) is 2.52. The number of aromatic amines is 2. The summed E-state index contributed by atoms with van der Waals surface area (Å²) in [5, 5.41) is 3.26. The molecule has 0 spiro atoms. The minimum atomic E-state index is -0.475. The Hall–Kier alpha value is -1.01. The summed E-state index contributed by atoms with van der Waals surface area (Å²) in [6.45, 7) is 2.43. The van der Waals surface area contributed by atoms with Gasteiger partial charge in [-0.1, -0.05) is 0 Å². The third-order valence-electron chi connectivity index (χ3n) is 1.53. The van der Waals surface area contributed by atoms with Crippen molar-refractivity contribution in [3.05, 3.63) is 33.1 Å². The summed E-state index contributed by atoms with van der Waals surface area (Å²) in [6.07, 6.45) is 1.29. The molecule has 2 rings (SSSR count). The van der Waals surface area contributed by atoms with Crippen LogP contribution < -0.4 is 16.6 Å². The molecule has 0 saturated carbocycles. The third kappa shape index (κ3) is 4.88. The number of nitrogens with one attached hydrogen (secondary N) is 3. The maximum Gasteiger partial charge on any atom is 0.325 e. The molecule has 1 aromatic heterocycles. The SMILES string of the molecule is C1CSCCN1.O=c1cc[nH]c(=O)[nH]1. The van der Waals surface area contributed by atoms with Gasteiger partial charge in [0.1, 0.15) is 0 Å². The molecule has 14 heavy (non-hydrogen) atoms. The Morgan fingerprint density at radius 2 is 1.93 bits per heavy atom. The van der Waals surface area contributed by atoms with E-state index in [0.29, 0.717) is 0 Å². The van der Waals surface area contributed by atoms with Gasteiger partial charge in [-0.05, 0) is 0 Å². The zero-order valence-corrected chi connectivity index (χ0v) is 8.52. The molecule has 78 valence electrons. The number of thioether (sulfide) groups is 1. The van der Waals surface area contributed by atoms with Crippen LogP contribution in [0.4, 0.5) is 0 Å². The van der Waals surface area contributed by atoms with Crippen LogP contribution in [0.3, 0.4) is 0 Å². The van der Waals surface area contributed by atoms with Crippen molar-refractivity contribution >= 4 is 11.8 Å². The molecule has 1 fully saturated rings. The van der Waals surface area contributed by atoms with Crippen LogP contribution in [0.2, 0.25) is 0 Å². The first-order valence-electron chi connectivity index (χ1n) is 4.35. The van der Waals surface area contributed by atoms with E-state index in [-0.39, 0.29) is 5.56 Å². The Morgan fingerprint density at radius 1 is 1.21 bits per heavy atom. The van der Waals surface area contributed by atoms with Gasteiger partial charge in [-0.25, -0.2) is 4.79 Å². The highest BCUT2D eigenvalue weighted by Crippen LogP contribution is 1.99. The van der Waals surface area contributed by atoms with Gasteiger partial charge in [0.05, 0.1) is 0 Å². The largest absolute Gasteiger partial charge is 0.325 e. The van der Waals surface area contributed by atoms with Crippen LogP contribution in [0.15, 0.2) is 21.9 Å². The van der Waals surface area contributed by atoms with Crippen molar-refractivity contribution in [2.24, 2.45) is 0 Å². The lowest BCUT2D eigenvalue weighted by atomic mass is 10.6. The molecule has 0 aromatic carbocycles. The standard InChI is InChI=1S/C4H4N2O2.C4H9NS/c7-3-1-2-5-4(8)6-3;1-3-6-4-2-5-1/h1-2H,(H2,5,6,7,8);5H,1-4H2. The van der Waals surface area contributed by atoms with Gasteiger partial charge >= 0.3 is 5.69 Å². The maximum absolute atomic E-state index is 10.2. The first-order valence-corrected chi connectivity index (χ1v) is 5.51. The summed E-state index contributed by atoms with van der Waals surface area (Å²) in [5.74, 6) is 2.61. The number of rotatable bonds is 0. The Labute approximate surface area is 85.3 Å². The Balaban J connectivity index is 0.000000146. The summed E-state index contributed by atoms with van der Waals surface area (Å²) in [5.41, 5.74) is -0.855. The van der Waals surface area contributed by atoms with Crippen molar-refractivity contribution in [1.29, 1.82) is 0 Å². The van der Waals surface area contributed by atoms with E-state index in [1.807, 2.05) is 16.7 Å². The lowest BCUT2D eigenvalue weighted by Gasteiger charge is -2.08. The van der Waals surface area contributed by atoms with Crippen LogP contribution in [0.25, 0.3) is 0 Å². The fourth-order valence-electron chi connectivity index (χ4n) is 0.898. The zero-order chi connectivity index (χ0) is 10.2. The van der Waals surface area contributed by atoms with Gasteiger partial charge in [-0.3, -0.25) is 9.78 Å². The molecule has 1 aliphatic heterocycles. The quantitative estimate of drug-likeness (QED) is 0.539. The van der Waals surface area contributed by atoms with Crippen molar-refractivity contribution in [3.63, 3.8) is 0 Å². The molecule has 0 unspecified atom stereocenters. The summed E-state index contributed by atoms with van der Waals surface area (Å²) in [7, 11) is 0. The molecule has 1 aromatic rings. The predicted octanol–water partition coefficient (Wildman–Crippen LogP) is -0.614. The van der Waals surface area contributed by atoms with E-state index < -0.39 is 5.69 Å². The number of hydrogen-bond acceptors (Lipinski definition) is 4. The van der Waals surface area contributed by atoms with Gasteiger partial charge < -0.3 is 10.3 Å². The molecular weight excluding hydrogens is 202 g/mol. The Morgan fingerprint density at radius 3 is 2.21 bits per heavy atom. The molecule has 0 aliphatic carbocycles. The molecule has 2 heterocycles. The van der Waals surface area contributed by atoms with Gasteiger partial charge in [0.2, 0.25) is 0 Å². The molecule has 3 N–H and O–H groups in total. The fourth-order valence-corrected chi connectivity index (χ4v) is 1.68. The minimum Gasteiger partial charge on any atom is -0.315 e. The topological polar surface area (TPSA) is 77.8 Å². The Kier molecular flexibility index (Phi) is 5.09. The van der Waals surface area contributed by atoms with E-state index in [4.69, 9.17) is 0 Å². The van der Waals surface area contributed by atoms with Crippen LogP contribution in [-0.2, 0) is 0 Å². The monoisotopic (exact) mass is 215 g/mol. The molecule has 0 radical (unpaired) electrons. The summed E-state index contributed by atoms with van der Waals surface area (Å²) >= 11 is 2.03. The van der Waals surface area contributed by atoms with Gasteiger partial charge in [-0.15, -0.1) is 0 Å². The highest BCUT2D eigenvalue weighted by Gasteiger charge is 1.93. The highest BCUT2D eigenvalue weighted by molar-refractivity contribution is 7.99. The fraction of sp³-hybridized carbons (Fsp3) is 0.500. The van der Waals surface area contributed by atoms with E-state index >= 15 is 0 Å². The van der Waals surface area contributed by atoms with E-state index in [2.05, 4.69) is 10.3 Å². The summed E-state index contributed by atoms with van der Waals surface area (Å²) in [6, 6.07) is 1.24. The van der Waals surface area contributed by atoms with Gasteiger partial charge in [0.15, 0.2) is 0 Å². The normalized spacial score (nSPS) is 15.4. The second kappa shape index (κ2) is 6.44. The molecular formula is C8H13N3O2S. The van der Waals surface area contributed by atoms with Crippen molar-refractivity contribution in [1.82, 2.24) is 15.3 Å². The molecule has 1 aliphatic rings. The van der Waals surface area contributed by atoms with E-state index in [1.165, 1.54) is 36.9 Å². The smallest absolute Gasteiger partial charge is 0.315 e. The second-order valence-electron chi connectivity index (χ2n) is 2.66. The minimum absolute atomic E-state index is 0.381. The lowest BCUT2D eigenvalue weighted by Crippen LogP contribution is -2.24. The van der Waals surface area contributed by atoms with Crippen LogP contribution in [0.1, 0.15) is 0 Å². The van der Waals surface area contributed by atoms with Crippen molar-refractivity contribution in [2.75, 3.05) is 24.6 Å². The molecule has 0 atom stereocenters. The van der Waals surface area contributed by atoms with Crippen LogP contribution in [-0.4, -0.2) is 34.6 Å². The summed E-state index contributed by atoms with van der Waals surface area (Å²) in [4.78, 5) is 24.7. The van der Waals surface area contributed by atoms with Crippen LogP contribution in [0.5, 0.6) is 0 Å². The number of aromatic nitrogens is 2. The molecule has 0 amide bonds. The predicted molar refractivity (Wildman–Crippen MR) is 57.9 cm³/mol. The number of H-pyrrole nitrogens is 2. The molecule has 1 saturated heterocycles. The first kappa shape index (κ1) is 11.1. The number of hydrogen-bond donors (Lipinski definition) is 3. The van der Waals surface area contributed by atoms with Crippen LogP contribution in [0, 0.1) is 0 Å². The van der Waals surface area contributed by atoms with Gasteiger partial charge in [-0.2, -0.15) is 11.8 Å².